The molecule has 4 aliphatic rings. The lowest BCUT2D eigenvalue weighted by atomic mass is 9.70. The van der Waals surface area contributed by atoms with Gasteiger partial charge in [-0.1, -0.05) is 42.5 Å². The maximum absolute atomic E-state index is 13.5. The quantitative estimate of drug-likeness (QED) is 0.490. The fourth-order valence-electron chi connectivity index (χ4n) is 5.10. The Morgan fingerprint density at radius 2 is 1.77 bits per heavy atom. The highest BCUT2D eigenvalue weighted by Gasteiger charge is 2.60. The van der Waals surface area contributed by atoms with Gasteiger partial charge in [0, 0.05) is 12.5 Å². The van der Waals surface area contributed by atoms with Crippen LogP contribution in [0.15, 0.2) is 60.7 Å². The number of hydrogen-bond acceptors (Lipinski definition) is 5. The summed E-state index contributed by atoms with van der Waals surface area (Å²) in [6.45, 7) is 0.194. The number of benzene rings is 2. The van der Waals surface area contributed by atoms with Crippen LogP contribution < -0.4 is 4.90 Å². The van der Waals surface area contributed by atoms with Crippen molar-refractivity contribution in [3.05, 3.63) is 77.4 Å². The summed E-state index contributed by atoms with van der Waals surface area (Å²) in [5, 5.41) is 9.03. The molecule has 3 amide bonds. The number of imide groups is 1. The van der Waals surface area contributed by atoms with Crippen LogP contribution in [-0.2, 0) is 27.1 Å². The molecule has 0 saturated carbocycles. The van der Waals surface area contributed by atoms with Crippen LogP contribution in [0.2, 0.25) is 0 Å². The smallest absolute Gasteiger partial charge is 0.417 e. The molecular weight excluding hydrogens is 463 g/mol. The average molecular weight is 481 g/mol. The Labute approximate surface area is 198 Å². The summed E-state index contributed by atoms with van der Waals surface area (Å²) in [6.07, 6.45) is -2.03. The molecule has 7 nitrogen and oxygen atoms in total. The predicted molar refractivity (Wildman–Crippen MR) is 115 cm³/mol. The molecule has 2 bridgehead atoms. The van der Waals surface area contributed by atoms with Gasteiger partial charge in [-0.25, -0.2) is 9.69 Å². The predicted octanol–water partition coefficient (Wildman–Crippen LogP) is 3.89. The standard InChI is InChI=1S/C25H18F3N3O4/c26-25(27,28)18-10-17(8-6-15(18)11-29)31-22(32)20-16-7-9-19(21(20)23(31)33)30(12-16)24(34)35-13-14-4-2-1-3-5-14/h1-10,16,19-21H,12-13H2. The molecule has 0 aromatic heterocycles. The van der Waals surface area contributed by atoms with Crippen LogP contribution in [0, 0.1) is 29.1 Å². The Hall–Kier alpha value is -4.13. The van der Waals surface area contributed by atoms with Crippen molar-refractivity contribution in [3.63, 3.8) is 0 Å². The number of hydrogen-bond donors (Lipinski definition) is 0. The minimum atomic E-state index is -4.83. The molecule has 0 radical (unpaired) electrons. The molecule has 3 heterocycles. The molecule has 4 atom stereocenters. The first-order chi connectivity index (χ1) is 16.7. The Bertz CT molecular complexity index is 1290. The van der Waals surface area contributed by atoms with Gasteiger partial charge in [-0.05, 0) is 23.8 Å². The second-order valence-corrected chi connectivity index (χ2v) is 8.63. The first-order valence-electron chi connectivity index (χ1n) is 10.9. The molecule has 2 aromatic rings. The first kappa shape index (κ1) is 22.7. The SMILES string of the molecule is N#Cc1ccc(N2C(=O)C3C4C=CC(C3C2=O)N(C(=O)OCc2ccccc2)C4)cc1C(F)(F)F. The van der Waals surface area contributed by atoms with Crippen LogP contribution in [0.4, 0.5) is 23.7 Å². The summed E-state index contributed by atoms with van der Waals surface area (Å²) < 4.78 is 45.8. The number of amides is 3. The Morgan fingerprint density at radius 3 is 2.46 bits per heavy atom. The zero-order valence-electron chi connectivity index (χ0n) is 18.1. The molecule has 1 aliphatic carbocycles. The zero-order chi connectivity index (χ0) is 24.9. The number of halogens is 3. The second-order valence-electron chi connectivity index (χ2n) is 8.63. The van der Waals surface area contributed by atoms with Gasteiger partial charge in [-0.15, -0.1) is 0 Å². The lowest BCUT2D eigenvalue weighted by molar-refractivity contribution is -0.138. The number of anilines is 1. The Kier molecular flexibility index (Phi) is 5.35. The minimum absolute atomic E-state index is 0.0375. The van der Waals surface area contributed by atoms with E-state index in [2.05, 4.69) is 0 Å². The monoisotopic (exact) mass is 481 g/mol. The van der Waals surface area contributed by atoms with E-state index < -0.39 is 59.0 Å². The van der Waals surface area contributed by atoms with Crippen molar-refractivity contribution in [1.82, 2.24) is 4.90 Å². The highest BCUT2D eigenvalue weighted by molar-refractivity contribution is 6.23. The summed E-state index contributed by atoms with van der Waals surface area (Å²) in [7, 11) is 0. The van der Waals surface area contributed by atoms with Crippen LogP contribution in [0.1, 0.15) is 16.7 Å². The summed E-state index contributed by atoms with van der Waals surface area (Å²) in [5.41, 5.74) is -1.29. The molecule has 2 aromatic carbocycles. The van der Waals surface area contributed by atoms with Crippen molar-refractivity contribution >= 4 is 23.6 Å². The second kappa shape index (κ2) is 8.27. The van der Waals surface area contributed by atoms with E-state index in [4.69, 9.17) is 10.00 Å². The molecule has 0 spiro atoms. The summed E-state index contributed by atoms with van der Waals surface area (Å²) in [4.78, 5) is 41.5. The number of fused-ring (bicyclic) bond motifs is 1. The third kappa shape index (κ3) is 3.73. The maximum Gasteiger partial charge on any atom is 0.417 e. The van der Waals surface area contributed by atoms with E-state index >= 15 is 0 Å². The van der Waals surface area contributed by atoms with E-state index in [1.807, 2.05) is 18.2 Å². The highest BCUT2D eigenvalue weighted by atomic mass is 19.4. The molecule has 35 heavy (non-hydrogen) atoms. The number of piperidine rings is 1. The lowest BCUT2D eigenvalue weighted by Gasteiger charge is -2.45. The van der Waals surface area contributed by atoms with Gasteiger partial charge in [-0.2, -0.15) is 18.4 Å². The fourth-order valence-corrected chi connectivity index (χ4v) is 5.10. The van der Waals surface area contributed by atoms with Gasteiger partial charge in [0.25, 0.3) is 0 Å². The van der Waals surface area contributed by atoms with Gasteiger partial charge in [-0.3, -0.25) is 9.59 Å². The van der Waals surface area contributed by atoms with Crippen molar-refractivity contribution in [1.29, 1.82) is 5.26 Å². The van der Waals surface area contributed by atoms with E-state index in [0.29, 0.717) is 6.07 Å². The number of nitrogens with zero attached hydrogens (tertiary/aromatic N) is 3. The third-order valence-corrected chi connectivity index (χ3v) is 6.68. The molecule has 6 rings (SSSR count). The topological polar surface area (TPSA) is 90.7 Å². The van der Waals surface area contributed by atoms with Crippen LogP contribution >= 0.6 is 0 Å². The first-order valence-corrected chi connectivity index (χ1v) is 10.9. The maximum atomic E-state index is 13.5. The molecule has 0 N–H and O–H groups in total. The lowest BCUT2D eigenvalue weighted by Crippen LogP contribution is -2.58. The molecule has 2 saturated heterocycles. The zero-order valence-corrected chi connectivity index (χ0v) is 18.1. The van der Waals surface area contributed by atoms with E-state index in [1.54, 1.807) is 24.3 Å². The number of carbonyl (C=O) groups is 3. The largest absolute Gasteiger partial charge is 0.445 e. The van der Waals surface area contributed by atoms with Crippen molar-refractivity contribution in [2.24, 2.45) is 17.8 Å². The van der Waals surface area contributed by atoms with Crippen LogP contribution in [0.25, 0.3) is 0 Å². The molecule has 178 valence electrons. The molecule has 4 unspecified atom stereocenters. The normalized spacial score (nSPS) is 25.0. The number of rotatable bonds is 3. The summed E-state index contributed by atoms with van der Waals surface area (Å²) in [6, 6.07) is 12.5. The van der Waals surface area contributed by atoms with E-state index in [1.165, 1.54) is 11.0 Å². The highest BCUT2D eigenvalue weighted by Crippen LogP contribution is 2.47. The molecular formula is C25H18F3N3O4. The summed E-state index contributed by atoms with van der Waals surface area (Å²) in [5.74, 6) is -3.50. The molecule has 10 heteroatoms. The van der Waals surface area contributed by atoms with Gasteiger partial charge < -0.3 is 9.64 Å². The number of alkyl halides is 3. The Morgan fingerprint density at radius 1 is 1.06 bits per heavy atom. The van der Waals surface area contributed by atoms with E-state index in [9.17, 15) is 27.6 Å². The van der Waals surface area contributed by atoms with Gasteiger partial charge in [0.05, 0.1) is 40.8 Å². The summed E-state index contributed by atoms with van der Waals surface area (Å²) >= 11 is 0. The number of carbonyl (C=O) groups excluding carboxylic acids is 3. The molecule has 2 fully saturated rings. The van der Waals surface area contributed by atoms with Gasteiger partial charge in [0.1, 0.15) is 6.61 Å². The van der Waals surface area contributed by atoms with Gasteiger partial charge in [0.15, 0.2) is 0 Å². The average Bonchev–Trinajstić information content (AvgIpc) is 3.14. The van der Waals surface area contributed by atoms with Crippen LogP contribution in [0.3, 0.4) is 0 Å². The molecule has 3 aliphatic heterocycles. The van der Waals surface area contributed by atoms with Crippen molar-refractivity contribution in [2.75, 3.05) is 11.4 Å². The van der Waals surface area contributed by atoms with Crippen molar-refractivity contribution in [3.8, 4) is 6.07 Å². The van der Waals surface area contributed by atoms with E-state index in [-0.39, 0.29) is 18.8 Å². The van der Waals surface area contributed by atoms with Crippen molar-refractivity contribution in [2.45, 2.75) is 18.8 Å². The van der Waals surface area contributed by atoms with E-state index in [0.717, 1.165) is 22.6 Å². The van der Waals surface area contributed by atoms with Gasteiger partial charge in [0.2, 0.25) is 11.8 Å². The van der Waals surface area contributed by atoms with Crippen molar-refractivity contribution < 1.29 is 32.3 Å². The fraction of sp³-hybridized carbons (Fsp3) is 0.280. The van der Waals surface area contributed by atoms with Crippen LogP contribution in [-0.4, -0.2) is 35.4 Å². The third-order valence-electron chi connectivity index (χ3n) is 6.68. The van der Waals surface area contributed by atoms with Gasteiger partial charge >= 0.3 is 12.3 Å². The number of ether oxygens (including phenoxy) is 1. The minimum Gasteiger partial charge on any atom is -0.445 e. The van der Waals surface area contributed by atoms with Crippen LogP contribution in [0.5, 0.6) is 0 Å². The Balaban J connectivity index is 1.41. The number of nitriles is 1.